The van der Waals surface area contributed by atoms with Gasteiger partial charge in [-0.15, -0.1) is 0 Å². The maximum atomic E-state index is 11.8. The molecular formula is C9H12FO2P. The van der Waals surface area contributed by atoms with Gasteiger partial charge in [-0.05, 0) is 25.5 Å². The van der Waals surface area contributed by atoms with E-state index in [-0.39, 0.29) is 0 Å². The van der Waals surface area contributed by atoms with Gasteiger partial charge in [0.05, 0.1) is 0 Å². The maximum absolute atomic E-state index is 11.8. The first-order valence-electron chi connectivity index (χ1n) is 3.88. The summed E-state index contributed by atoms with van der Waals surface area (Å²) >= 11 is 0. The van der Waals surface area contributed by atoms with Crippen LogP contribution in [0.15, 0.2) is 24.3 Å². The summed E-state index contributed by atoms with van der Waals surface area (Å²) in [5, 5.41) is 0.707. The summed E-state index contributed by atoms with van der Waals surface area (Å²) in [6.07, 6.45) is 0. The van der Waals surface area contributed by atoms with Crippen molar-refractivity contribution in [3.8, 4) is 5.75 Å². The van der Waals surface area contributed by atoms with Gasteiger partial charge in [0, 0.05) is 5.30 Å². The molecule has 1 aromatic carbocycles. The van der Waals surface area contributed by atoms with Gasteiger partial charge in [-0.2, -0.15) is 0 Å². The zero-order valence-corrected chi connectivity index (χ0v) is 8.55. The molecule has 0 amide bonds. The van der Waals surface area contributed by atoms with Crippen molar-refractivity contribution in [1.82, 2.24) is 0 Å². The van der Waals surface area contributed by atoms with E-state index in [0.717, 1.165) is 0 Å². The van der Waals surface area contributed by atoms with E-state index in [4.69, 9.17) is 0 Å². The zero-order chi connectivity index (χ0) is 9.90. The molecule has 13 heavy (non-hydrogen) atoms. The second kappa shape index (κ2) is 3.93. The van der Waals surface area contributed by atoms with Crippen LogP contribution in [0, 0.1) is 0 Å². The van der Waals surface area contributed by atoms with Crippen LogP contribution in [0.5, 0.6) is 5.75 Å². The van der Waals surface area contributed by atoms with E-state index < -0.39 is 14.0 Å². The lowest BCUT2D eigenvalue weighted by Crippen LogP contribution is -2.03. The van der Waals surface area contributed by atoms with E-state index in [0.29, 0.717) is 11.1 Å². The monoisotopic (exact) mass is 202 g/mol. The van der Waals surface area contributed by atoms with Crippen molar-refractivity contribution < 1.29 is 13.7 Å². The Morgan fingerprint density at radius 1 is 1.46 bits per heavy atom. The van der Waals surface area contributed by atoms with E-state index in [9.17, 15) is 8.96 Å². The molecule has 72 valence electrons. The Morgan fingerprint density at radius 2 is 2.15 bits per heavy atom. The maximum Gasteiger partial charge on any atom is 0.228 e. The summed E-state index contributed by atoms with van der Waals surface area (Å²) in [5.74, 6) is 0.420. The minimum atomic E-state index is -2.27. The van der Waals surface area contributed by atoms with Crippen molar-refractivity contribution in [3.63, 3.8) is 0 Å². The highest BCUT2D eigenvalue weighted by Gasteiger charge is 2.11. The lowest BCUT2D eigenvalue weighted by molar-refractivity contribution is 0.192. The molecule has 2 nitrogen and oxygen atoms in total. The van der Waals surface area contributed by atoms with Gasteiger partial charge < -0.3 is 9.30 Å². The third-order valence-electron chi connectivity index (χ3n) is 1.66. The van der Waals surface area contributed by atoms with Crippen LogP contribution in [0.25, 0.3) is 0 Å². The molecule has 0 atom stereocenters. The van der Waals surface area contributed by atoms with Crippen LogP contribution < -0.4 is 10.0 Å². The van der Waals surface area contributed by atoms with Crippen LogP contribution in [0.4, 0.5) is 4.39 Å². The fraction of sp³-hybridized carbons (Fsp3) is 0.333. The molecule has 0 aliphatic rings. The van der Waals surface area contributed by atoms with Gasteiger partial charge in [-0.3, -0.25) is 0 Å². The minimum absolute atomic E-state index is 0.420. The third kappa shape index (κ3) is 2.85. The number of ether oxygens (including phenoxy) is 1. The lowest BCUT2D eigenvalue weighted by Gasteiger charge is -2.08. The summed E-state index contributed by atoms with van der Waals surface area (Å²) in [6.45, 7) is 2.48. The standard InChI is InChI=1S/C9H12FO2P/c1-13(2,11)9-5-3-4-8(6-9)12-7-10/h3-6H,7H2,1-2H3. The quantitative estimate of drug-likeness (QED) is 0.702. The highest BCUT2D eigenvalue weighted by atomic mass is 31.2. The van der Waals surface area contributed by atoms with Crippen LogP contribution in [0.2, 0.25) is 0 Å². The summed E-state index contributed by atoms with van der Waals surface area (Å²) in [7, 11) is -2.27. The van der Waals surface area contributed by atoms with Gasteiger partial charge >= 0.3 is 0 Å². The Kier molecular flexibility index (Phi) is 3.10. The normalized spacial score (nSPS) is 11.3. The molecule has 0 unspecified atom stereocenters. The topological polar surface area (TPSA) is 26.3 Å². The van der Waals surface area contributed by atoms with Crippen molar-refractivity contribution >= 4 is 12.4 Å². The van der Waals surface area contributed by atoms with E-state index in [1.807, 2.05) is 0 Å². The van der Waals surface area contributed by atoms with Crippen molar-refractivity contribution in [1.29, 1.82) is 0 Å². The summed E-state index contributed by atoms with van der Waals surface area (Å²) in [5.41, 5.74) is 0. The van der Waals surface area contributed by atoms with Crippen LogP contribution >= 0.6 is 7.14 Å². The molecular weight excluding hydrogens is 190 g/mol. The van der Waals surface area contributed by atoms with E-state index in [1.54, 1.807) is 37.6 Å². The van der Waals surface area contributed by atoms with Crippen molar-refractivity contribution in [2.75, 3.05) is 20.2 Å². The molecule has 0 heterocycles. The fourth-order valence-electron chi connectivity index (χ4n) is 0.971. The summed E-state index contributed by atoms with van der Waals surface area (Å²) in [6, 6.07) is 6.71. The van der Waals surface area contributed by atoms with Crippen LogP contribution in [0.3, 0.4) is 0 Å². The highest BCUT2D eigenvalue weighted by Crippen LogP contribution is 2.35. The number of halogens is 1. The number of hydrogen-bond donors (Lipinski definition) is 0. The van der Waals surface area contributed by atoms with Crippen LogP contribution in [-0.4, -0.2) is 20.2 Å². The second-order valence-electron chi connectivity index (χ2n) is 3.10. The molecule has 4 heteroatoms. The van der Waals surface area contributed by atoms with Gasteiger partial charge in [0.1, 0.15) is 12.9 Å². The molecule has 0 fully saturated rings. The average molecular weight is 202 g/mol. The molecule has 0 aliphatic carbocycles. The van der Waals surface area contributed by atoms with Crippen molar-refractivity contribution in [2.24, 2.45) is 0 Å². The molecule has 1 aromatic rings. The van der Waals surface area contributed by atoms with Gasteiger partial charge in [0.15, 0.2) is 0 Å². The van der Waals surface area contributed by atoms with Gasteiger partial charge in [0.25, 0.3) is 0 Å². The average Bonchev–Trinajstić information content (AvgIpc) is 2.04. The molecule has 0 saturated carbocycles. The van der Waals surface area contributed by atoms with Crippen LogP contribution in [0.1, 0.15) is 0 Å². The summed E-state index contributed by atoms with van der Waals surface area (Å²) < 4.78 is 28.1. The first kappa shape index (κ1) is 10.3. The number of hydrogen-bond acceptors (Lipinski definition) is 2. The number of alkyl halides is 1. The third-order valence-corrected chi connectivity index (χ3v) is 3.18. The first-order valence-corrected chi connectivity index (χ1v) is 6.48. The molecule has 0 saturated heterocycles. The van der Waals surface area contributed by atoms with Crippen molar-refractivity contribution in [3.05, 3.63) is 24.3 Å². The first-order chi connectivity index (χ1) is 6.04. The largest absolute Gasteiger partial charge is 0.463 e. The lowest BCUT2D eigenvalue weighted by atomic mass is 10.3. The number of rotatable bonds is 3. The predicted molar refractivity (Wildman–Crippen MR) is 52.1 cm³/mol. The van der Waals surface area contributed by atoms with Crippen LogP contribution in [-0.2, 0) is 4.57 Å². The van der Waals surface area contributed by atoms with E-state index in [2.05, 4.69) is 4.74 Å². The molecule has 0 bridgehead atoms. The Morgan fingerprint density at radius 3 is 2.69 bits per heavy atom. The molecule has 0 radical (unpaired) electrons. The summed E-state index contributed by atoms with van der Waals surface area (Å²) in [4.78, 5) is 0. The zero-order valence-electron chi connectivity index (χ0n) is 7.66. The SMILES string of the molecule is CP(C)(=O)c1cccc(OCF)c1. The second-order valence-corrected chi connectivity index (χ2v) is 6.32. The number of benzene rings is 1. The Balaban J connectivity index is 2.99. The van der Waals surface area contributed by atoms with Gasteiger partial charge in [-0.25, -0.2) is 4.39 Å². The smallest absolute Gasteiger partial charge is 0.228 e. The highest BCUT2D eigenvalue weighted by molar-refractivity contribution is 7.70. The Labute approximate surface area is 77.1 Å². The molecule has 0 aliphatic heterocycles. The van der Waals surface area contributed by atoms with E-state index in [1.165, 1.54) is 0 Å². The van der Waals surface area contributed by atoms with Gasteiger partial charge in [0.2, 0.25) is 6.86 Å². The van der Waals surface area contributed by atoms with Gasteiger partial charge in [-0.1, -0.05) is 12.1 Å². The Hall–Kier alpha value is -0.820. The van der Waals surface area contributed by atoms with Crippen molar-refractivity contribution in [2.45, 2.75) is 0 Å². The Bertz CT molecular complexity index is 332. The fourth-order valence-corrected chi connectivity index (χ4v) is 1.85. The molecule has 0 N–H and O–H groups in total. The van der Waals surface area contributed by atoms with E-state index >= 15 is 0 Å². The predicted octanol–water partition coefficient (Wildman–Crippen LogP) is 2.24. The molecule has 1 rings (SSSR count). The molecule has 0 aromatic heterocycles. The minimum Gasteiger partial charge on any atom is -0.463 e. The molecule has 0 spiro atoms.